The van der Waals surface area contributed by atoms with E-state index in [9.17, 15) is 4.55 Å². The lowest BCUT2D eigenvalue weighted by molar-refractivity contribution is 0.219. The molecule has 76 valence electrons. The maximum Gasteiger partial charge on any atom is 0.143 e. The highest BCUT2D eigenvalue weighted by molar-refractivity contribution is 7.93. The molecule has 2 saturated heterocycles. The minimum atomic E-state index is -0.665. The third kappa shape index (κ3) is 1.50. The van der Waals surface area contributed by atoms with Crippen molar-refractivity contribution in [2.45, 2.75) is 30.1 Å². The smallest absolute Gasteiger partial charge is 0.143 e. The summed E-state index contributed by atoms with van der Waals surface area (Å²) in [5, 5.41) is 0. The summed E-state index contributed by atoms with van der Waals surface area (Å²) in [7, 11) is 2.12. The molecule has 0 aromatic heterocycles. The van der Waals surface area contributed by atoms with Crippen LogP contribution in [0.5, 0.6) is 0 Å². The SMILES string of the molecule is CN1CCC2(CC1)C(N)CC[S+]2[O-]. The number of hydrogen-bond acceptors (Lipinski definition) is 3. The zero-order valence-corrected chi connectivity index (χ0v) is 8.98. The summed E-state index contributed by atoms with van der Waals surface area (Å²) < 4.78 is 11.9. The van der Waals surface area contributed by atoms with E-state index in [1.54, 1.807) is 0 Å². The van der Waals surface area contributed by atoms with Gasteiger partial charge >= 0.3 is 0 Å². The van der Waals surface area contributed by atoms with Crippen LogP contribution in [0.4, 0.5) is 0 Å². The van der Waals surface area contributed by atoms with Crippen LogP contribution in [0.1, 0.15) is 19.3 Å². The van der Waals surface area contributed by atoms with Crippen molar-refractivity contribution in [3.8, 4) is 0 Å². The fourth-order valence-electron chi connectivity index (χ4n) is 2.46. The Kier molecular flexibility index (Phi) is 2.57. The van der Waals surface area contributed by atoms with Crippen LogP contribution in [-0.2, 0) is 11.2 Å². The van der Waals surface area contributed by atoms with E-state index in [0.29, 0.717) is 0 Å². The molecular formula is C9H18N2OS. The maximum atomic E-state index is 11.9. The molecule has 0 aromatic carbocycles. The predicted molar refractivity (Wildman–Crippen MR) is 55.1 cm³/mol. The second kappa shape index (κ2) is 3.42. The first-order valence-corrected chi connectivity index (χ1v) is 6.30. The number of hydrogen-bond donors (Lipinski definition) is 1. The molecule has 2 unspecified atom stereocenters. The Morgan fingerprint density at radius 1 is 1.46 bits per heavy atom. The van der Waals surface area contributed by atoms with Gasteiger partial charge in [0.1, 0.15) is 10.5 Å². The molecule has 4 heteroatoms. The van der Waals surface area contributed by atoms with Gasteiger partial charge in [-0.25, -0.2) is 0 Å². The molecule has 0 aromatic rings. The molecule has 2 rings (SSSR count). The van der Waals surface area contributed by atoms with E-state index in [1.165, 1.54) is 0 Å². The summed E-state index contributed by atoms with van der Waals surface area (Å²) in [5.74, 6) is 0.824. The Bertz CT molecular complexity index is 180. The van der Waals surface area contributed by atoms with E-state index in [1.807, 2.05) is 0 Å². The standard InChI is InChI=1S/C9H18N2OS/c1-11-5-3-9(4-6-11)8(10)2-7-13(9)12/h8H,2-7,10H2,1H3. The Balaban J connectivity index is 2.10. The van der Waals surface area contributed by atoms with Crippen molar-refractivity contribution in [2.75, 3.05) is 25.9 Å². The minimum absolute atomic E-state index is 0.0213. The van der Waals surface area contributed by atoms with Crippen LogP contribution in [0.3, 0.4) is 0 Å². The van der Waals surface area contributed by atoms with Gasteiger partial charge in [-0.3, -0.25) is 0 Å². The number of rotatable bonds is 0. The van der Waals surface area contributed by atoms with Crippen LogP contribution in [0.2, 0.25) is 0 Å². The first-order chi connectivity index (χ1) is 6.15. The van der Waals surface area contributed by atoms with E-state index in [2.05, 4.69) is 11.9 Å². The third-order valence-electron chi connectivity index (χ3n) is 3.58. The van der Waals surface area contributed by atoms with Crippen LogP contribution in [0.15, 0.2) is 0 Å². The molecule has 0 aliphatic carbocycles. The van der Waals surface area contributed by atoms with Gasteiger partial charge in [-0.2, -0.15) is 0 Å². The predicted octanol–water partition coefficient (Wildman–Crippen LogP) is -0.0695. The monoisotopic (exact) mass is 202 g/mol. The molecular weight excluding hydrogens is 184 g/mol. The molecule has 2 aliphatic heterocycles. The quantitative estimate of drug-likeness (QED) is 0.560. The average Bonchev–Trinajstić information content (AvgIpc) is 2.39. The third-order valence-corrected chi connectivity index (χ3v) is 5.80. The number of nitrogens with zero attached hydrogens (tertiary/aromatic N) is 1. The molecule has 2 heterocycles. The topological polar surface area (TPSA) is 52.3 Å². The molecule has 13 heavy (non-hydrogen) atoms. The van der Waals surface area contributed by atoms with Crippen molar-refractivity contribution < 1.29 is 4.55 Å². The summed E-state index contributed by atoms with van der Waals surface area (Å²) in [4.78, 5) is 2.30. The molecule has 2 fully saturated rings. The molecule has 0 bridgehead atoms. The van der Waals surface area contributed by atoms with Crippen molar-refractivity contribution in [2.24, 2.45) is 5.73 Å². The van der Waals surface area contributed by atoms with Gasteiger partial charge in [-0.1, -0.05) is 0 Å². The van der Waals surface area contributed by atoms with E-state index >= 15 is 0 Å². The van der Waals surface area contributed by atoms with Crippen molar-refractivity contribution in [1.29, 1.82) is 0 Å². The molecule has 0 saturated carbocycles. The van der Waals surface area contributed by atoms with Gasteiger partial charge in [0.2, 0.25) is 0 Å². The molecule has 2 aliphatic rings. The summed E-state index contributed by atoms with van der Waals surface area (Å²) in [6, 6.07) is 0.182. The number of nitrogens with two attached hydrogens (primary N) is 1. The van der Waals surface area contributed by atoms with Gasteiger partial charge in [-0.15, -0.1) is 0 Å². The molecule has 3 nitrogen and oxygen atoms in total. The lowest BCUT2D eigenvalue weighted by Gasteiger charge is -2.39. The Labute approximate surface area is 82.8 Å². The lowest BCUT2D eigenvalue weighted by atomic mass is 9.88. The summed E-state index contributed by atoms with van der Waals surface area (Å²) >= 11 is -0.665. The number of likely N-dealkylation sites (tertiary alicyclic amines) is 1. The second-order valence-electron chi connectivity index (χ2n) is 4.31. The first kappa shape index (κ1) is 9.77. The lowest BCUT2D eigenvalue weighted by Crippen LogP contribution is -2.54. The fraction of sp³-hybridized carbons (Fsp3) is 1.00. The highest BCUT2D eigenvalue weighted by atomic mass is 32.2. The van der Waals surface area contributed by atoms with Gasteiger partial charge in [-0.05, 0) is 18.2 Å². The normalized spacial score (nSPS) is 39.9. The fourth-order valence-corrected chi connectivity index (χ4v) is 4.43. The van der Waals surface area contributed by atoms with Crippen LogP contribution in [0.25, 0.3) is 0 Å². The van der Waals surface area contributed by atoms with Gasteiger partial charge in [0.25, 0.3) is 0 Å². The number of piperidine rings is 1. The van der Waals surface area contributed by atoms with Crippen LogP contribution in [0, 0.1) is 0 Å². The van der Waals surface area contributed by atoms with Crippen LogP contribution >= 0.6 is 0 Å². The molecule has 1 spiro atoms. The highest BCUT2D eigenvalue weighted by Gasteiger charge is 2.53. The van der Waals surface area contributed by atoms with Gasteiger partial charge < -0.3 is 15.2 Å². The Hall–Kier alpha value is 0.230. The minimum Gasteiger partial charge on any atom is -0.616 e. The Morgan fingerprint density at radius 3 is 2.54 bits per heavy atom. The summed E-state index contributed by atoms with van der Waals surface area (Å²) in [6.45, 7) is 2.11. The van der Waals surface area contributed by atoms with Gasteiger partial charge in [0.15, 0.2) is 0 Å². The van der Waals surface area contributed by atoms with Crippen molar-refractivity contribution >= 4 is 11.2 Å². The molecule has 0 radical (unpaired) electrons. The average molecular weight is 202 g/mol. The van der Waals surface area contributed by atoms with Gasteiger partial charge in [0.05, 0.1) is 6.04 Å². The molecule has 2 N–H and O–H groups in total. The van der Waals surface area contributed by atoms with E-state index < -0.39 is 11.2 Å². The zero-order chi connectivity index (χ0) is 9.47. The van der Waals surface area contributed by atoms with E-state index in [4.69, 9.17) is 5.73 Å². The van der Waals surface area contributed by atoms with Crippen LogP contribution in [-0.4, -0.2) is 46.1 Å². The largest absolute Gasteiger partial charge is 0.616 e. The van der Waals surface area contributed by atoms with Crippen molar-refractivity contribution in [3.05, 3.63) is 0 Å². The van der Waals surface area contributed by atoms with Gasteiger partial charge in [0, 0.05) is 32.4 Å². The summed E-state index contributed by atoms with van der Waals surface area (Å²) in [6.07, 6.45) is 3.00. The molecule has 0 amide bonds. The van der Waals surface area contributed by atoms with E-state index in [0.717, 1.165) is 38.1 Å². The second-order valence-corrected chi connectivity index (χ2v) is 6.23. The molecule has 2 atom stereocenters. The summed E-state index contributed by atoms with van der Waals surface area (Å²) in [5.41, 5.74) is 6.07. The maximum absolute atomic E-state index is 11.9. The van der Waals surface area contributed by atoms with Crippen molar-refractivity contribution in [3.63, 3.8) is 0 Å². The Morgan fingerprint density at radius 2 is 2.08 bits per heavy atom. The van der Waals surface area contributed by atoms with E-state index in [-0.39, 0.29) is 10.8 Å². The van der Waals surface area contributed by atoms with Crippen LogP contribution < -0.4 is 5.73 Å². The first-order valence-electron chi connectivity index (χ1n) is 4.98. The highest BCUT2D eigenvalue weighted by Crippen LogP contribution is 2.39. The zero-order valence-electron chi connectivity index (χ0n) is 8.16. The van der Waals surface area contributed by atoms with Crippen molar-refractivity contribution in [1.82, 2.24) is 4.90 Å².